The van der Waals surface area contributed by atoms with Crippen molar-refractivity contribution in [3.63, 3.8) is 0 Å². The number of ether oxygens (including phenoxy) is 3. The van der Waals surface area contributed by atoms with Gasteiger partial charge in [0.2, 0.25) is 0 Å². The largest absolute Gasteiger partial charge is 0.458 e. The number of fused-ring (bicyclic) bond motifs is 3. The van der Waals surface area contributed by atoms with Gasteiger partial charge in [0, 0.05) is 11.5 Å². The van der Waals surface area contributed by atoms with E-state index in [9.17, 15) is 14.7 Å². The van der Waals surface area contributed by atoms with E-state index in [4.69, 9.17) is 14.2 Å². The van der Waals surface area contributed by atoms with Gasteiger partial charge >= 0.3 is 11.9 Å². The molecule has 3 aliphatic rings. The molecule has 6 nitrogen and oxygen atoms in total. The number of hydrogen-bond donors (Lipinski definition) is 1. The Bertz CT molecular complexity index is 678. The monoisotopic (exact) mass is 378 g/mol. The molecule has 150 valence electrons. The van der Waals surface area contributed by atoms with E-state index in [2.05, 4.69) is 12.7 Å². The molecule has 0 radical (unpaired) electrons. The summed E-state index contributed by atoms with van der Waals surface area (Å²) in [6, 6.07) is 0. The molecule has 1 N–H and O–H groups in total. The summed E-state index contributed by atoms with van der Waals surface area (Å²) in [6.07, 6.45) is 3.49. The topological polar surface area (TPSA) is 85.4 Å². The smallest absolute Gasteiger partial charge is 0.334 e. The number of esters is 2. The Morgan fingerprint density at radius 3 is 2.89 bits per heavy atom. The van der Waals surface area contributed by atoms with Crippen LogP contribution in [0.15, 0.2) is 23.8 Å². The lowest BCUT2D eigenvalue weighted by molar-refractivity contribution is -0.153. The van der Waals surface area contributed by atoms with Crippen molar-refractivity contribution in [1.82, 2.24) is 0 Å². The van der Waals surface area contributed by atoms with Gasteiger partial charge in [-0.2, -0.15) is 0 Å². The molecular formula is C21H30O6. The Balaban J connectivity index is 1.80. The van der Waals surface area contributed by atoms with Crippen LogP contribution in [0.1, 0.15) is 59.8 Å². The minimum absolute atomic E-state index is 0.0679. The van der Waals surface area contributed by atoms with Crippen LogP contribution in [-0.4, -0.2) is 46.6 Å². The van der Waals surface area contributed by atoms with Crippen LogP contribution in [0, 0.1) is 5.92 Å². The Morgan fingerprint density at radius 2 is 2.22 bits per heavy atom. The van der Waals surface area contributed by atoms with Crippen LogP contribution in [-0.2, 0) is 23.8 Å². The zero-order valence-corrected chi connectivity index (χ0v) is 16.6. The molecule has 2 fully saturated rings. The Hall–Kier alpha value is -1.66. The average Bonchev–Trinajstić information content (AvgIpc) is 3.17. The van der Waals surface area contributed by atoms with E-state index >= 15 is 0 Å². The van der Waals surface area contributed by atoms with Crippen molar-refractivity contribution in [3.05, 3.63) is 23.8 Å². The normalized spacial score (nSPS) is 40.0. The predicted octanol–water partition coefficient (Wildman–Crippen LogP) is 2.83. The van der Waals surface area contributed by atoms with Crippen molar-refractivity contribution in [2.45, 2.75) is 89.3 Å². The second-order valence-electron chi connectivity index (χ2n) is 8.58. The summed E-state index contributed by atoms with van der Waals surface area (Å²) in [5.74, 6) is -1.10. The van der Waals surface area contributed by atoms with E-state index in [0.29, 0.717) is 18.4 Å². The van der Waals surface area contributed by atoms with E-state index < -0.39 is 23.6 Å². The highest BCUT2D eigenvalue weighted by Gasteiger charge is 2.61. The molecule has 2 aliphatic heterocycles. The van der Waals surface area contributed by atoms with Gasteiger partial charge in [-0.15, -0.1) is 0 Å². The molecule has 0 aromatic rings. The summed E-state index contributed by atoms with van der Waals surface area (Å²) in [7, 11) is 0. The lowest BCUT2D eigenvalue weighted by Gasteiger charge is -2.27. The zero-order chi connectivity index (χ0) is 20.0. The minimum Gasteiger partial charge on any atom is -0.458 e. The van der Waals surface area contributed by atoms with Crippen LogP contribution in [0.2, 0.25) is 0 Å². The molecule has 1 aliphatic carbocycles. The fraction of sp³-hybridized carbons (Fsp3) is 0.714. The second-order valence-corrected chi connectivity index (χ2v) is 8.58. The quantitative estimate of drug-likeness (QED) is 0.350. The van der Waals surface area contributed by atoms with Gasteiger partial charge in [0.1, 0.15) is 18.3 Å². The molecule has 2 saturated heterocycles. The van der Waals surface area contributed by atoms with Gasteiger partial charge in [-0.05, 0) is 52.0 Å². The average molecular weight is 378 g/mol. The number of epoxide rings is 1. The fourth-order valence-electron chi connectivity index (χ4n) is 3.96. The highest BCUT2D eigenvalue weighted by molar-refractivity contribution is 5.91. The first-order valence-corrected chi connectivity index (χ1v) is 9.72. The molecular weight excluding hydrogens is 348 g/mol. The van der Waals surface area contributed by atoms with Gasteiger partial charge in [0.25, 0.3) is 0 Å². The molecule has 0 spiro atoms. The van der Waals surface area contributed by atoms with Crippen molar-refractivity contribution in [1.29, 1.82) is 0 Å². The highest BCUT2D eigenvalue weighted by Crippen LogP contribution is 2.50. The molecule has 0 saturated carbocycles. The first kappa shape index (κ1) is 20.1. The third-order valence-electron chi connectivity index (χ3n) is 6.23. The van der Waals surface area contributed by atoms with E-state index in [-0.39, 0.29) is 30.1 Å². The summed E-state index contributed by atoms with van der Waals surface area (Å²) in [5.41, 5.74) is -0.0261. The molecule has 3 rings (SSSR count). The number of carbonyl (C=O) groups is 2. The number of allylic oxidation sites excluding steroid dienone is 1. The highest BCUT2D eigenvalue weighted by atomic mass is 16.6. The molecule has 0 amide bonds. The molecule has 6 atom stereocenters. The van der Waals surface area contributed by atoms with Crippen molar-refractivity contribution in [3.8, 4) is 0 Å². The van der Waals surface area contributed by atoms with E-state index in [1.807, 2.05) is 20.8 Å². The van der Waals surface area contributed by atoms with Crippen LogP contribution in [0.3, 0.4) is 0 Å². The summed E-state index contributed by atoms with van der Waals surface area (Å²) in [5, 5.41) is 10.2. The summed E-state index contributed by atoms with van der Waals surface area (Å²) in [6.45, 7) is 11.3. The van der Waals surface area contributed by atoms with Gasteiger partial charge in [0.05, 0.1) is 17.6 Å². The third kappa shape index (κ3) is 4.11. The van der Waals surface area contributed by atoms with Crippen molar-refractivity contribution >= 4 is 11.9 Å². The molecule has 0 bridgehead atoms. The van der Waals surface area contributed by atoms with Crippen LogP contribution in [0.4, 0.5) is 0 Å². The van der Waals surface area contributed by atoms with Crippen LogP contribution < -0.4 is 0 Å². The Kier molecular flexibility index (Phi) is 5.25. The zero-order valence-electron chi connectivity index (χ0n) is 16.6. The SMILES string of the molecule is C=C1C(=O)O[C@@H]2[C@H]3O[C@]3(C)CC/C=C(\C)[C@@H](OC(=O)CC(C)(O)CC)C[C@@H]12. The second kappa shape index (κ2) is 7.06. The van der Waals surface area contributed by atoms with Crippen LogP contribution in [0.25, 0.3) is 0 Å². The lowest BCUT2D eigenvalue weighted by Crippen LogP contribution is -2.34. The molecule has 0 aromatic heterocycles. The number of hydrogen-bond acceptors (Lipinski definition) is 6. The maximum atomic E-state index is 12.4. The maximum absolute atomic E-state index is 12.4. The van der Waals surface area contributed by atoms with Gasteiger partial charge < -0.3 is 19.3 Å². The number of aliphatic hydroxyl groups is 1. The molecule has 27 heavy (non-hydrogen) atoms. The van der Waals surface area contributed by atoms with Crippen LogP contribution in [0.5, 0.6) is 0 Å². The first-order chi connectivity index (χ1) is 12.6. The van der Waals surface area contributed by atoms with Crippen molar-refractivity contribution in [2.24, 2.45) is 5.92 Å². The first-order valence-electron chi connectivity index (χ1n) is 9.72. The Morgan fingerprint density at radius 1 is 1.52 bits per heavy atom. The van der Waals surface area contributed by atoms with E-state index in [0.717, 1.165) is 18.4 Å². The summed E-state index contributed by atoms with van der Waals surface area (Å²) in [4.78, 5) is 24.5. The summed E-state index contributed by atoms with van der Waals surface area (Å²) < 4.78 is 17.2. The Labute approximate surface area is 160 Å². The van der Waals surface area contributed by atoms with Gasteiger partial charge in [-0.1, -0.05) is 19.6 Å². The number of carbonyl (C=O) groups excluding carboxylic acids is 2. The van der Waals surface area contributed by atoms with E-state index in [1.54, 1.807) is 6.92 Å². The van der Waals surface area contributed by atoms with Gasteiger partial charge in [-0.3, -0.25) is 4.79 Å². The molecule has 6 heteroatoms. The van der Waals surface area contributed by atoms with Crippen LogP contribution >= 0.6 is 0 Å². The minimum atomic E-state index is -1.09. The molecule has 2 heterocycles. The summed E-state index contributed by atoms with van der Waals surface area (Å²) >= 11 is 0. The number of rotatable bonds is 4. The standard InChI is InChI=1S/C21H30O6/c1-6-20(4,24)11-16(22)25-15-10-14-13(3)19(23)26-17(14)18-21(5,27-18)9-7-8-12(15)2/h8,14-15,17-18,24H,3,6-7,9-11H2,1-2,4-5H3/b12-8+/t14-,15-,17-,18+,20?,21+/m0/s1. The van der Waals surface area contributed by atoms with Gasteiger partial charge in [-0.25, -0.2) is 4.79 Å². The lowest BCUT2D eigenvalue weighted by atomic mass is 9.83. The maximum Gasteiger partial charge on any atom is 0.334 e. The molecule has 0 aromatic carbocycles. The van der Waals surface area contributed by atoms with Gasteiger partial charge in [0.15, 0.2) is 0 Å². The fourth-order valence-corrected chi connectivity index (χ4v) is 3.96. The molecule has 1 unspecified atom stereocenters. The third-order valence-corrected chi connectivity index (χ3v) is 6.23. The van der Waals surface area contributed by atoms with E-state index in [1.165, 1.54) is 0 Å². The van der Waals surface area contributed by atoms with Crippen molar-refractivity contribution in [2.75, 3.05) is 0 Å². The predicted molar refractivity (Wildman–Crippen MR) is 98.8 cm³/mol. The van der Waals surface area contributed by atoms with Crippen molar-refractivity contribution < 1.29 is 28.9 Å².